The molecule has 0 aromatic rings. The Morgan fingerprint density at radius 3 is 2.50 bits per heavy atom. The molecule has 1 unspecified atom stereocenters. The fourth-order valence-electron chi connectivity index (χ4n) is 0.610. The van der Waals surface area contributed by atoms with Crippen molar-refractivity contribution < 1.29 is 4.79 Å². The third kappa shape index (κ3) is 1.10. The summed E-state index contributed by atoms with van der Waals surface area (Å²) in [6.07, 6.45) is 0. The van der Waals surface area contributed by atoms with Crippen molar-refractivity contribution in [2.45, 2.75) is 25.5 Å². The largest absolute Gasteiger partial charge is 0.298 e. The summed E-state index contributed by atoms with van der Waals surface area (Å²) in [4.78, 5) is 11.1. The van der Waals surface area contributed by atoms with E-state index in [4.69, 9.17) is 0 Å². The highest BCUT2D eigenvalue weighted by Crippen LogP contribution is 2.44. The third-order valence-electron chi connectivity index (χ3n) is 1.74. The van der Waals surface area contributed by atoms with E-state index in [0.29, 0.717) is 0 Å². The van der Waals surface area contributed by atoms with Crippen LogP contribution < -0.4 is 0 Å². The van der Waals surface area contributed by atoms with Gasteiger partial charge in [0.15, 0.2) is 5.78 Å². The average molecular weight is 175 g/mol. The quantitative estimate of drug-likeness (QED) is 0.451. The van der Waals surface area contributed by atoms with Crippen LogP contribution in [-0.4, -0.2) is 16.2 Å². The molecule has 1 atom stereocenters. The van der Waals surface area contributed by atoms with Crippen LogP contribution in [0.4, 0.5) is 0 Å². The van der Waals surface area contributed by atoms with Gasteiger partial charge in [-0.3, -0.25) is 4.79 Å². The van der Waals surface area contributed by atoms with Crippen LogP contribution in [0.25, 0.3) is 0 Å². The molecule has 1 aliphatic heterocycles. The lowest BCUT2D eigenvalue weighted by Gasteiger charge is -2.17. The van der Waals surface area contributed by atoms with Gasteiger partial charge in [0.2, 0.25) is 0 Å². The van der Waals surface area contributed by atoms with Gasteiger partial charge in [-0.15, -0.1) is 0 Å². The SMILES string of the molecule is CC(=O)C1(C)SSN=C1C. The lowest BCUT2D eigenvalue weighted by atomic mass is 10.0. The van der Waals surface area contributed by atoms with Gasteiger partial charge in [0.25, 0.3) is 0 Å². The van der Waals surface area contributed by atoms with Crippen molar-refractivity contribution in [1.82, 2.24) is 0 Å². The molecule has 0 aromatic carbocycles. The molecule has 56 valence electrons. The Bertz CT molecular complexity index is 202. The molecule has 0 radical (unpaired) electrons. The summed E-state index contributed by atoms with van der Waals surface area (Å²) in [5.74, 6) is 0.184. The zero-order valence-electron chi connectivity index (χ0n) is 6.17. The van der Waals surface area contributed by atoms with E-state index in [-0.39, 0.29) is 10.5 Å². The maximum Gasteiger partial charge on any atom is 0.152 e. The van der Waals surface area contributed by atoms with Gasteiger partial charge in [-0.2, -0.15) is 0 Å². The first-order valence-corrected chi connectivity index (χ1v) is 5.09. The molecule has 0 aromatic heterocycles. The maximum atomic E-state index is 11.1. The number of hydrogen-bond acceptors (Lipinski definition) is 4. The first kappa shape index (κ1) is 8.14. The van der Waals surface area contributed by atoms with Gasteiger partial charge in [-0.05, 0) is 31.6 Å². The Labute approximate surface area is 68.4 Å². The van der Waals surface area contributed by atoms with Crippen molar-refractivity contribution in [3.63, 3.8) is 0 Å². The molecule has 0 saturated carbocycles. The highest BCUT2D eigenvalue weighted by atomic mass is 33.1. The summed E-state index contributed by atoms with van der Waals surface area (Å²) >= 11 is 0. The molecule has 1 rings (SSSR count). The molecule has 0 fully saturated rings. The molecule has 0 amide bonds. The molecule has 0 bridgehead atoms. The lowest BCUT2D eigenvalue weighted by molar-refractivity contribution is -0.117. The minimum atomic E-state index is -0.356. The smallest absolute Gasteiger partial charge is 0.152 e. The van der Waals surface area contributed by atoms with Crippen LogP contribution in [0.15, 0.2) is 4.40 Å². The van der Waals surface area contributed by atoms with E-state index >= 15 is 0 Å². The van der Waals surface area contributed by atoms with E-state index in [9.17, 15) is 4.79 Å². The van der Waals surface area contributed by atoms with Gasteiger partial charge >= 0.3 is 0 Å². The van der Waals surface area contributed by atoms with Gasteiger partial charge in [0.05, 0.1) is 0 Å². The predicted molar refractivity (Wildman–Crippen MR) is 47.4 cm³/mol. The Morgan fingerprint density at radius 1 is 1.70 bits per heavy atom. The van der Waals surface area contributed by atoms with Gasteiger partial charge < -0.3 is 0 Å². The third-order valence-corrected chi connectivity index (χ3v) is 4.53. The normalized spacial score (nSPS) is 32.1. The molecule has 10 heavy (non-hydrogen) atoms. The summed E-state index contributed by atoms with van der Waals surface area (Å²) in [5.41, 5.74) is 0.926. The molecule has 0 N–H and O–H groups in total. The van der Waals surface area contributed by atoms with E-state index in [1.807, 2.05) is 13.8 Å². The van der Waals surface area contributed by atoms with E-state index in [2.05, 4.69) is 4.40 Å². The number of rotatable bonds is 1. The molecule has 0 saturated heterocycles. The summed E-state index contributed by atoms with van der Waals surface area (Å²) < 4.78 is 3.73. The summed E-state index contributed by atoms with van der Waals surface area (Å²) in [6.45, 7) is 5.42. The molecule has 0 spiro atoms. The Kier molecular flexibility index (Phi) is 2.10. The van der Waals surface area contributed by atoms with Crippen LogP contribution in [0, 0.1) is 0 Å². The van der Waals surface area contributed by atoms with E-state index in [1.165, 1.54) is 21.8 Å². The molecule has 1 heterocycles. The number of carbonyl (C=O) groups is 1. The van der Waals surface area contributed by atoms with Crippen LogP contribution in [0.2, 0.25) is 0 Å². The topological polar surface area (TPSA) is 29.4 Å². The van der Waals surface area contributed by atoms with Crippen LogP contribution in [-0.2, 0) is 4.79 Å². The van der Waals surface area contributed by atoms with Crippen molar-refractivity contribution in [3.8, 4) is 0 Å². The lowest BCUT2D eigenvalue weighted by Crippen LogP contribution is -2.34. The second kappa shape index (κ2) is 2.58. The van der Waals surface area contributed by atoms with E-state index in [0.717, 1.165) is 5.71 Å². The Hall–Kier alpha value is 0.0400. The number of carbonyl (C=O) groups excluding carboxylic acids is 1. The summed E-state index contributed by atoms with van der Waals surface area (Å²) in [7, 11) is 2.93. The fourth-order valence-corrected chi connectivity index (χ4v) is 3.04. The van der Waals surface area contributed by atoms with Crippen molar-refractivity contribution >= 4 is 33.3 Å². The second-order valence-corrected chi connectivity index (χ2v) is 4.69. The van der Waals surface area contributed by atoms with Crippen LogP contribution in [0.5, 0.6) is 0 Å². The van der Waals surface area contributed by atoms with Crippen LogP contribution >= 0.6 is 21.8 Å². The van der Waals surface area contributed by atoms with Crippen LogP contribution in [0.3, 0.4) is 0 Å². The Balaban J connectivity index is 2.89. The zero-order chi connectivity index (χ0) is 7.78. The van der Waals surface area contributed by atoms with Gasteiger partial charge in [-0.25, -0.2) is 4.40 Å². The van der Waals surface area contributed by atoms with E-state index in [1.54, 1.807) is 6.92 Å². The highest BCUT2D eigenvalue weighted by molar-refractivity contribution is 8.77. The minimum Gasteiger partial charge on any atom is -0.298 e. The maximum absolute atomic E-state index is 11.1. The fraction of sp³-hybridized carbons (Fsp3) is 0.667. The summed E-state index contributed by atoms with van der Waals surface area (Å²) in [6, 6.07) is 0. The first-order valence-electron chi connectivity index (χ1n) is 2.98. The van der Waals surface area contributed by atoms with Gasteiger partial charge in [-0.1, -0.05) is 0 Å². The molecular formula is C6H9NOS2. The van der Waals surface area contributed by atoms with Crippen molar-refractivity contribution in [2.75, 3.05) is 0 Å². The number of Topliss-reactive ketones (excluding diaryl/α,β-unsaturated/α-hetero) is 1. The number of nitrogens with zero attached hydrogens (tertiary/aromatic N) is 1. The second-order valence-electron chi connectivity index (χ2n) is 2.42. The summed E-state index contributed by atoms with van der Waals surface area (Å²) in [5, 5.41) is 0. The van der Waals surface area contributed by atoms with E-state index < -0.39 is 0 Å². The van der Waals surface area contributed by atoms with Gasteiger partial charge in [0.1, 0.15) is 4.75 Å². The first-order chi connectivity index (χ1) is 4.57. The zero-order valence-corrected chi connectivity index (χ0v) is 7.80. The van der Waals surface area contributed by atoms with Crippen molar-refractivity contribution in [2.24, 2.45) is 4.40 Å². The minimum absolute atomic E-state index is 0.184. The molecule has 4 heteroatoms. The molecule has 1 aliphatic rings. The van der Waals surface area contributed by atoms with Gasteiger partial charge in [0, 0.05) is 16.7 Å². The molecule has 2 nitrogen and oxygen atoms in total. The monoisotopic (exact) mass is 175 g/mol. The number of hydrogen-bond donors (Lipinski definition) is 0. The Morgan fingerprint density at radius 2 is 2.30 bits per heavy atom. The van der Waals surface area contributed by atoms with Crippen molar-refractivity contribution in [3.05, 3.63) is 0 Å². The highest BCUT2D eigenvalue weighted by Gasteiger charge is 2.38. The molecular weight excluding hydrogens is 166 g/mol. The predicted octanol–water partition coefficient (Wildman–Crippen LogP) is 2.10. The van der Waals surface area contributed by atoms with Crippen LogP contribution in [0.1, 0.15) is 20.8 Å². The molecule has 0 aliphatic carbocycles. The number of ketones is 1. The average Bonchev–Trinajstić information content (AvgIpc) is 2.15. The van der Waals surface area contributed by atoms with Crippen molar-refractivity contribution in [1.29, 1.82) is 0 Å². The standard InChI is InChI=1S/C6H9NOS2/c1-4-6(3,5(2)8)9-10-7-4/h1-3H3.